The molecular weight excluding hydrogens is 362 g/mol. The number of carbonyl (C=O) groups is 1. The summed E-state index contributed by atoms with van der Waals surface area (Å²) >= 11 is 0. The lowest BCUT2D eigenvalue weighted by molar-refractivity contribution is -0.117. The van der Waals surface area contributed by atoms with Crippen molar-refractivity contribution in [2.75, 3.05) is 43.0 Å². The number of hydrogen-bond acceptors (Lipinski definition) is 4. The Labute approximate surface area is 160 Å². The van der Waals surface area contributed by atoms with Gasteiger partial charge in [0.25, 0.3) is 0 Å². The molecule has 2 aromatic rings. The molecule has 0 atom stereocenters. The number of likely N-dealkylation sites (N-methyl/N-ethyl adjacent to an activating group) is 1. The number of anilines is 2. The van der Waals surface area contributed by atoms with Crippen LogP contribution in [-0.2, 0) is 21.2 Å². The maximum atomic E-state index is 13.0. The van der Waals surface area contributed by atoms with Gasteiger partial charge in [-0.25, -0.2) is 8.42 Å². The van der Waals surface area contributed by atoms with E-state index >= 15 is 0 Å². The fraction of sp³-hybridized carbons (Fsp3) is 0.350. The fourth-order valence-corrected chi connectivity index (χ4v) is 5.17. The molecule has 6 nitrogen and oxygen atoms in total. The van der Waals surface area contributed by atoms with E-state index in [9.17, 15) is 13.2 Å². The highest BCUT2D eigenvalue weighted by Gasteiger charge is 2.31. The number of rotatable bonds is 3. The first kappa shape index (κ1) is 18.0. The monoisotopic (exact) mass is 385 g/mol. The van der Waals surface area contributed by atoms with Crippen molar-refractivity contribution in [3.05, 3.63) is 53.6 Å². The molecule has 7 heteroatoms. The predicted molar refractivity (Wildman–Crippen MR) is 106 cm³/mol. The number of amides is 1. The second-order valence-electron chi connectivity index (χ2n) is 7.15. The van der Waals surface area contributed by atoms with Gasteiger partial charge in [0.1, 0.15) is 0 Å². The Kier molecular flexibility index (Phi) is 4.44. The Bertz CT molecular complexity index is 978. The molecule has 1 amide bonds. The van der Waals surface area contributed by atoms with Gasteiger partial charge in [-0.3, -0.25) is 4.79 Å². The summed E-state index contributed by atoms with van der Waals surface area (Å²) in [6, 6.07) is 13.3. The van der Waals surface area contributed by atoms with Crippen molar-refractivity contribution in [1.29, 1.82) is 0 Å². The minimum atomic E-state index is -3.55. The number of hydrogen-bond donors (Lipinski definition) is 0. The summed E-state index contributed by atoms with van der Waals surface area (Å²) < 4.78 is 27.6. The van der Waals surface area contributed by atoms with Gasteiger partial charge < -0.3 is 9.80 Å². The van der Waals surface area contributed by atoms with E-state index in [0.717, 1.165) is 16.9 Å². The average Bonchev–Trinajstić information content (AvgIpc) is 2.96. The summed E-state index contributed by atoms with van der Waals surface area (Å²) in [5.74, 6) is -0.00809. The zero-order chi connectivity index (χ0) is 19.2. The molecule has 0 bridgehead atoms. The van der Waals surface area contributed by atoms with E-state index < -0.39 is 10.0 Å². The van der Waals surface area contributed by atoms with Crippen LogP contribution in [0.15, 0.2) is 47.4 Å². The number of nitrogens with zero attached hydrogens (tertiary/aromatic N) is 3. The van der Waals surface area contributed by atoms with E-state index in [1.807, 2.05) is 0 Å². The van der Waals surface area contributed by atoms with E-state index in [1.165, 1.54) is 5.56 Å². The van der Waals surface area contributed by atoms with Gasteiger partial charge in [0.2, 0.25) is 15.9 Å². The van der Waals surface area contributed by atoms with Crippen LogP contribution in [0.25, 0.3) is 0 Å². The maximum Gasteiger partial charge on any atom is 0.243 e. The van der Waals surface area contributed by atoms with Gasteiger partial charge in [0.15, 0.2) is 0 Å². The molecule has 1 saturated heterocycles. The van der Waals surface area contributed by atoms with E-state index in [1.54, 1.807) is 34.5 Å². The van der Waals surface area contributed by atoms with Crippen LogP contribution in [-0.4, -0.2) is 51.9 Å². The minimum Gasteiger partial charge on any atom is -0.369 e. The van der Waals surface area contributed by atoms with Crippen LogP contribution in [0.2, 0.25) is 0 Å². The number of carbonyl (C=O) groups excluding carboxylic acids is 1. The van der Waals surface area contributed by atoms with Crippen molar-refractivity contribution in [2.45, 2.75) is 18.2 Å². The van der Waals surface area contributed by atoms with Crippen LogP contribution in [0.5, 0.6) is 0 Å². The van der Waals surface area contributed by atoms with Crippen molar-refractivity contribution >= 4 is 27.3 Å². The van der Waals surface area contributed by atoms with Crippen LogP contribution in [0, 0.1) is 6.92 Å². The lowest BCUT2D eigenvalue weighted by Crippen LogP contribution is -2.48. The summed E-state index contributed by atoms with van der Waals surface area (Å²) in [4.78, 5) is 15.9. The van der Waals surface area contributed by atoms with E-state index in [0.29, 0.717) is 26.2 Å². The molecule has 0 aromatic heterocycles. The maximum absolute atomic E-state index is 13.0. The Morgan fingerprint density at radius 2 is 1.59 bits per heavy atom. The Morgan fingerprint density at radius 1 is 0.926 bits per heavy atom. The first-order valence-corrected chi connectivity index (χ1v) is 10.5. The first-order valence-electron chi connectivity index (χ1n) is 9.07. The van der Waals surface area contributed by atoms with Crippen molar-refractivity contribution in [3.63, 3.8) is 0 Å². The highest BCUT2D eigenvalue weighted by molar-refractivity contribution is 7.89. The third-order valence-corrected chi connectivity index (χ3v) is 7.30. The molecule has 2 aliphatic heterocycles. The van der Waals surface area contributed by atoms with E-state index in [2.05, 4.69) is 36.1 Å². The summed E-state index contributed by atoms with van der Waals surface area (Å²) in [5, 5.41) is 0. The zero-order valence-electron chi connectivity index (χ0n) is 15.6. The van der Waals surface area contributed by atoms with Crippen LogP contribution >= 0.6 is 0 Å². The largest absolute Gasteiger partial charge is 0.369 e. The molecule has 2 aliphatic rings. The van der Waals surface area contributed by atoms with Gasteiger partial charge >= 0.3 is 0 Å². The number of benzene rings is 2. The van der Waals surface area contributed by atoms with Gasteiger partial charge in [-0.15, -0.1) is 0 Å². The highest BCUT2D eigenvalue weighted by Crippen LogP contribution is 2.31. The summed E-state index contributed by atoms with van der Waals surface area (Å²) in [7, 11) is -1.84. The van der Waals surface area contributed by atoms with Gasteiger partial charge in [-0.2, -0.15) is 4.31 Å². The second-order valence-corrected chi connectivity index (χ2v) is 9.08. The second kappa shape index (κ2) is 6.65. The zero-order valence-corrected chi connectivity index (χ0v) is 16.4. The standard InChI is InChI=1S/C20H23N3O3S/c1-15-3-5-17(6-4-15)22-9-11-23(12-10-22)27(25,26)18-7-8-19-16(13-18)14-20(24)21(19)2/h3-8,13H,9-12,14H2,1-2H3. The Morgan fingerprint density at radius 3 is 2.26 bits per heavy atom. The van der Waals surface area contributed by atoms with Crippen LogP contribution in [0.3, 0.4) is 0 Å². The number of piperazine rings is 1. The van der Waals surface area contributed by atoms with Gasteiger partial charge in [0, 0.05) is 44.6 Å². The molecule has 0 radical (unpaired) electrons. The molecule has 2 heterocycles. The van der Waals surface area contributed by atoms with Crippen LogP contribution < -0.4 is 9.80 Å². The fourth-order valence-electron chi connectivity index (χ4n) is 3.70. The highest BCUT2D eigenvalue weighted by atomic mass is 32.2. The molecule has 27 heavy (non-hydrogen) atoms. The smallest absolute Gasteiger partial charge is 0.243 e. The molecule has 0 N–H and O–H groups in total. The lowest BCUT2D eigenvalue weighted by Gasteiger charge is -2.35. The van der Waals surface area contributed by atoms with Crippen LogP contribution in [0.4, 0.5) is 11.4 Å². The number of fused-ring (bicyclic) bond motifs is 1. The molecule has 4 rings (SSSR count). The van der Waals surface area contributed by atoms with Crippen LogP contribution in [0.1, 0.15) is 11.1 Å². The summed E-state index contributed by atoms with van der Waals surface area (Å²) in [6.07, 6.45) is 0.260. The predicted octanol–water partition coefficient (Wildman–Crippen LogP) is 2.02. The summed E-state index contributed by atoms with van der Waals surface area (Å²) in [5.41, 5.74) is 3.91. The van der Waals surface area contributed by atoms with Gasteiger partial charge in [0.05, 0.1) is 11.3 Å². The van der Waals surface area contributed by atoms with Crippen molar-refractivity contribution in [2.24, 2.45) is 0 Å². The molecule has 142 valence electrons. The van der Waals surface area contributed by atoms with Crippen molar-refractivity contribution in [1.82, 2.24) is 4.31 Å². The lowest BCUT2D eigenvalue weighted by atomic mass is 10.2. The molecule has 2 aromatic carbocycles. The Hall–Kier alpha value is -2.38. The third-order valence-electron chi connectivity index (χ3n) is 5.40. The SMILES string of the molecule is Cc1ccc(N2CCN(S(=O)(=O)c3ccc4c(c3)CC(=O)N4C)CC2)cc1. The number of aryl methyl sites for hydroxylation is 1. The van der Waals surface area contributed by atoms with Gasteiger partial charge in [-0.05, 0) is 42.8 Å². The topological polar surface area (TPSA) is 60.9 Å². The molecule has 0 saturated carbocycles. The Balaban J connectivity index is 1.50. The van der Waals surface area contributed by atoms with Crippen molar-refractivity contribution in [3.8, 4) is 0 Å². The van der Waals surface area contributed by atoms with Gasteiger partial charge in [-0.1, -0.05) is 17.7 Å². The average molecular weight is 385 g/mol. The third kappa shape index (κ3) is 3.21. The minimum absolute atomic E-state index is 0.00809. The molecular formula is C20H23N3O3S. The molecule has 0 aliphatic carbocycles. The van der Waals surface area contributed by atoms with E-state index in [-0.39, 0.29) is 17.2 Å². The van der Waals surface area contributed by atoms with Crippen molar-refractivity contribution < 1.29 is 13.2 Å². The van der Waals surface area contributed by atoms with E-state index in [4.69, 9.17) is 0 Å². The molecule has 0 spiro atoms. The number of sulfonamides is 1. The summed E-state index contributed by atoms with van der Waals surface area (Å²) in [6.45, 7) is 4.28. The molecule has 0 unspecified atom stereocenters. The normalized spacial score (nSPS) is 18.1. The molecule has 1 fully saturated rings. The quantitative estimate of drug-likeness (QED) is 0.811. The first-order chi connectivity index (χ1) is 12.9.